The van der Waals surface area contributed by atoms with Gasteiger partial charge in [-0.2, -0.15) is 0 Å². The predicted molar refractivity (Wildman–Crippen MR) is 113 cm³/mol. The van der Waals surface area contributed by atoms with Crippen LogP contribution in [-0.4, -0.2) is 24.4 Å². The number of likely N-dealkylation sites (N-methyl/N-ethyl adjacent to an activating group) is 1. The summed E-state index contributed by atoms with van der Waals surface area (Å²) >= 11 is 1.71. The van der Waals surface area contributed by atoms with Crippen LogP contribution < -0.4 is 5.32 Å². The number of hydrogen-bond donors (Lipinski definition) is 1. The fourth-order valence-corrected chi connectivity index (χ4v) is 3.91. The predicted octanol–water partition coefficient (Wildman–Crippen LogP) is 4.96. The molecule has 1 heterocycles. The number of nitrogens with zero attached hydrogens (tertiary/aromatic N) is 1. The Morgan fingerprint density at radius 2 is 1.70 bits per heavy atom. The molecular formula is C23H26N2OS. The summed E-state index contributed by atoms with van der Waals surface area (Å²) in [4.78, 5) is 15.8. The van der Waals surface area contributed by atoms with Gasteiger partial charge in [-0.25, -0.2) is 0 Å². The normalized spacial score (nSPS) is 13.1. The van der Waals surface area contributed by atoms with Gasteiger partial charge in [0.05, 0.1) is 18.6 Å². The first-order valence-electron chi connectivity index (χ1n) is 9.20. The van der Waals surface area contributed by atoms with Crippen molar-refractivity contribution in [1.82, 2.24) is 10.2 Å². The van der Waals surface area contributed by atoms with Crippen LogP contribution in [0.5, 0.6) is 0 Å². The van der Waals surface area contributed by atoms with Crippen molar-refractivity contribution >= 4 is 17.2 Å². The Hall–Kier alpha value is -2.43. The fourth-order valence-electron chi connectivity index (χ4n) is 3.08. The lowest BCUT2D eigenvalue weighted by atomic mass is 10.0. The van der Waals surface area contributed by atoms with Gasteiger partial charge in [-0.05, 0) is 36.4 Å². The molecule has 3 rings (SSSR count). The summed E-state index contributed by atoms with van der Waals surface area (Å²) in [6, 6.07) is 22.8. The van der Waals surface area contributed by atoms with Crippen LogP contribution in [0.25, 0.3) is 0 Å². The van der Waals surface area contributed by atoms with Gasteiger partial charge in [0, 0.05) is 11.9 Å². The van der Waals surface area contributed by atoms with Gasteiger partial charge in [0.15, 0.2) is 0 Å². The summed E-state index contributed by atoms with van der Waals surface area (Å²) in [5, 5.41) is 5.54. The molecule has 0 fully saturated rings. The summed E-state index contributed by atoms with van der Waals surface area (Å²) < 4.78 is 0. The quantitative estimate of drug-likeness (QED) is 0.630. The highest BCUT2D eigenvalue weighted by Crippen LogP contribution is 2.26. The van der Waals surface area contributed by atoms with Crippen LogP contribution in [0.15, 0.2) is 72.1 Å². The van der Waals surface area contributed by atoms with Crippen molar-refractivity contribution in [1.29, 1.82) is 0 Å². The number of rotatable bonds is 7. The number of aryl methyl sites for hydroxylation is 1. The zero-order valence-electron chi connectivity index (χ0n) is 16.1. The molecular weight excluding hydrogens is 352 g/mol. The highest BCUT2D eigenvalue weighted by molar-refractivity contribution is 7.10. The lowest BCUT2D eigenvalue weighted by molar-refractivity contribution is -0.130. The molecule has 0 aliphatic heterocycles. The maximum atomic E-state index is 12.8. The van der Waals surface area contributed by atoms with Crippen molar-refractivity contribution in [3.05, 3.63) is 93.7 Å². The maximum Gasteiger partial charge on any atom is 0.236 e. The Morgan fingerprint density at radius 3 is 2.33 bits per heavy atom. The Bertz CT molecular complexity index is 844. The molecule has 0 spiro atoms. The molecule has 3 aromatic rings. The number of thiophene rings is 1. The van der Waals surface area contributed by atoms with Gasteiger partial charge in [-0.15, -0.1) is 11.3 Å². The molecule has 1 aromatic heterocycles. The minimum Gasteiger partial charge on any atom is -0.338 e. The van der Waals surface area contributed by atoms with E-state index in [4.69, 9.17) is 0 Å². The van der Waals surface area contributed by atoms with Crippen LogP contribution in [0, 0.1) is 6.92 Å². The smallest absolute Gasteiger partial charge is 0.236 e. The Morgan fingerprint density at radius 1 is 1.00 bits per heavy atom. The number of nitrogens with one attached hydrogen (secondary N) is 1. The van der Waals surface area contributed by atoms with E-state index in [9.17, 15) is 4.79 Å². The van der Waals surface area contributed by atoms with Crippen LogP contribution in [0.2, 0.25) is 0 Å². The van der Waals surface area contributed by atoms with E-state index in [1.54, 1.807) is 11.3 Å². The Kier molecular flexibility index (Phi) is 6.43. The first-order valence-corrected chi connectivity index (χ1v) is 10.1. The molecule has 0 aliphatic rings. The molecule has 0 unspecified atom stereocenters. The second kappa shape index (κ2) is 8.98. The highest BCUT2D eigenvalue weighted by atomic mass is 32.1. The van der Waals surface area contributed by atoms with Gasteiger partial charge >= 0.3 is 0 Å². The molecule has 2 atom stereocenters. The third-order valence-corrected chi connectivity index (χ3v) is 5.89. The lowest BCUT2D eigenvalue weighted by Crippen LogP contribution is -2.38. The van der Waals surface area contributed by atoms with E-state index in [0.717, 1.165) is 5.56 Å². The van der Waals surface area contributed by atoms with Gasteiger partial charge in [0.25, 0.3) is 0 Å². The van der Waals surface area contributed by atoms with Crippen molar-refractivity contribution in [2.75, 3.05) is 13.6 Å². The summed E-state index contributed by atoms with van der Waals surface area (Å²) in [7, 11) is 1.87. The topological polar surface area (TPSA) is 32.3 Å². The van der Waals surface area contributed by atoms with Crippen molar-refractivity contribution in [2.24, 2.45) is 0 Å². The van der Waals surface area contributed by atoms with E-state index in [0.29, 0.717) is 6.54 Å². The lowest BCUT2D eigenvalue weighted by Gasteiger charge is -2.27. The van der Waals surface area contributed by atoms with E-state index in [2.05, 4.69) is 67.0 Å². The van der Waals surface area contributed by atoms with Crippen molar-refractivity contribution < 1.29 is 4.79 Å². The average molecular weight is 379 g/mol. The van der Waals surface area contributed by atoms with Crippen molar-refractivity contribution in [2.45, 2.75) is 25.9 Å². The monoisotopic (exact) mass is 378 g/mol. The summed E-state index contributed by atoms with van der Waals surface area (Å²) in [5.74, 6) is 0.0834. The second-order valence-electron chi connectivity index (χ2n) is 6.83. The molecule has 0 radical (unpaired) electrons. The molecule has 1 N–H and O–H groups in total. The number of hydrogen-bond acceptors (Lipinski definition) is 3. The summed E-state index contributed by atoms with van der Waals surface area (Å²) in [6.45, 7) is 4.44. The van der Waals surface area contributed by atoms with E-state index >= 15 is 0 Å². The SMILES string of the molecule is Cc1ccc([C@H](NCC(=O)N(C)[C@H](C)c2ccccc2)c2cccs2)cc1. The zero-order valence-corrected chi connectivity index (χ0v) is 16.9. The highest BCUT2D eigenvalue weighted by Gasteiger charge is 2.20. The second-order valence-corrected chi connectivity index (χ2v) is 7.81. The van der Waals surface area contributed by atoms with Gasteiger partial charge in [-0.3, -0.25) is 10.1 Å². The van der Waals surface area contributed by atoms with Crippen molar-refractivity contribution in [3.63, 3.8) is 0 Å². The average Bonchev–Trinajstić information content (AvgIpc) is 3.23. The fraction of sp³-hybridized carbons (Fsp3) is 0.261. The van der Waals surface area contributed by atoms with Crippen LogP contribution in [0.3, 0.4) is 0 Å². The maximum absolute atomic E-state index is 12.8. The van der Waals surface area contributed by atoms with E-state index in [1.165, 1.54) is 16.0 Å². The molecule has 0 saturated carbocycles. The number of carbonyl (C=O) groups is 1. The molecule has 140 valence electrons. The molecule has 0 bridgehead atoms. The van der Waals surface area contributed by atoms with Crippen LogP contribution >= 0.6 is 11.3 Å². The summed E-state index contributed by atoms with van der Waals surface area (Å²) in [5.41, 5.74) is 3.55. The molecule has 1 amide bonds. The van der Waals surface area contributed by atoms with E-state index in [-0.39, 0.29) is 18.0 Å². The number of amides is 1. The van der Waals surface area contributed by atoms with Crippen LogP contribution in [0.4, 0.5) is 0 Å². The molecule has 3 nitrogen and oxygen atoms in total. The third-order valence-electron chi connectivity index (χ3n) is 4.95. The first kappa shape index (κ1) is 19.3. The van der Waals surface area contributed by atoms with Gasteiger partial charge < -0.3 is 4.90 Å². The Balaban J connectivity index is 1.69. The van der Waals surface area contributed by atoms with Gasteiger partial charge in [-0.1, -0.05) is 66.2 Å². The molecule has 27 heavy (non-hydrogen) atoms. The minimum atomic E-state index is 0.0231. The number of carbonyl (C=O) groups excluding carboxylic acids is 1. The van der Waals surface area contributed by atoms with Crippen molar-refractivity contribution in [3.8, 4) is 0 Å². The largest absolute Gasteiger partial charge is 0.338 e. The Labute approximate surface area is 165 Å². The van der Waals surface area contributed by atoms with Crippen LogP contribution in [0.1, 0.15) is 40.6 Å². The summed E-state index contributed by atoms with van der Waals surface area (Å²) in [6.07, 6.45) is 0. The van der Waals surface area contributed by atoms with Crippen LogP contribution in [-0.2, 0) is 4.79 Å². The number of benzene rings is 2. The first-order chi connectivity index (χ1) is 13.1. The van der Waals surface area contributed by atoms with E-state index in [1.807, 2.05) is 36.2 Å². The molecule has 4 heteroatoms. The van der Waals surface area contributed by atoms with E-state index < -0.39 is 0 Å². The third kappa shape index (κ3) is 4.85. The van der Waals surface area contributed by atoms with Gasteiger partial charge in [0.1, 0.15) is 0 Å². The molecule has 2 aromatic carbocycles. The molecule has 0 aliphatic carbocycles. The van der Waals surface area contributed by atoms with Gasteiger partial charge in [0.2, 0.25) is 5.91 Å². The standard InChI is InChI=1S/C23H26N2OS/c1-17-11-13-20(14-12-17)23(21-10-7-15-27-21)24-16-22(26)25(3)18(2)19-8-5-4-6-9-19/h4-15,18,23-24H,16H2,1-3H3/t18-,23+/m1/s1. The zero-order chi connectivity index (χ0) is 19.2. The minimum absolute atomic E-state index is 0.0231. The molecule has 0 saturated heterocycles.